The van der Waals surface area contributed by atoms with Crippen LogP contribution in [-0.2, 0) is 4.79 Å². The van der Waals surface area contributed by atoms with Crippen LogP contribution in [0.5, 0.6) is 28.7 Å². The first-order valence-corrected chi connectivity index (χ1v) is 12.0. The van der Waals surface area contributed by atoms with Gasteiger partial charge in [0, 0.05) is 11.6 Å². The number of nitriles is 1. The number of fused-ring (bicyclic) bond motifs is 1. The summed E-state index contributed by atoms with van der Waals surface area (Å²) in [6.45, 7) is -0.334. The van der Waals surface area contributed by atoms with Crippen LogP contribution in [0.1, 0.15) is 17.0 Å². The monoisotopic (exact) mass is 524 g/mol. The molecule has 0 saturated heterocycles. The third-order valence-corrected chi connectivity index (χ3v) is 6.09. The fourth-order valence-electron chi connectivity index (χ4n) is 4.08. The largest absolute Gasteiger partial charge is 0.480 e. The molecule has 7 nitrogen and oxygen atoms in total. The number of hydrogen-bond acceptors (Lipinski definition) is 7. The average Bonchev–Trinajstić information content (AvgIpc) is 2.92. The molecule has 1 unspecified atom stereocenters. The van der Waals surface area contributed by atoms with Crippen molar-refractivity contribution >= 4 is 17.6 Å². The maximum absolute atomic E-state index is 12.4. The van der Waals surface area contributed by atoms with E-state index in [2.05, 4.69) is 6.07 Å². The highest BCUT2D eigenvalue weighted by Crippen LogP contribution is 2.44. The summed E-state index contributed by atoms with van der Waals surface area (Å²) >= 11 is 6.06. The van der Waals surface area contributed by atoms with Crippen molar-refractivity contribution in [2.24, 2.45) is 5.73 Å². The fraction of sp³-hybridized carbons (Fsp3) is 0.0667. The van der Waals surface area contributed by atoms with Crippen molar-refractivity contribution in [2.45, 2.75) is 5.92 Å². The first-order valence-electron chi connectivity index (χ1n) is 11.6. The zero-order valence-electron chi connectivity index (χ0n) is 20.0. The Labute approximate surface area is 224 Å². The topological polar surface area (TPSA) is 104 Å². The number of nitrogens with zero attached hydrogens (tertiary/aromatic N) is 1. The van der Waals surface area contributed by atoms with Crippen molar-refractivity contribution in [3.05, 3.63) is 125 Å². The van der Waals surface area contributed by atoms with Gasteiger partial charge in [0.1, 0.15) is 40.4 Å². The number of carbonyl (C=O) groups is 1. The van der Waals surface area contributed by atoms with Gasteiger partial charge in [-0.15, -0.1) is 0 Å². The lowest BCUT2D eigenvalue weighted by atomic mass is 9.83. The first kappa shape index (κ1) is 24.8. The van der Waals surface area contributed by atoms with Crippen LogP contribution in [0.4, 0.5) is 0 Å². The highest BCUT2D eigenvalue weighted by molar-refractivity contribution is 6.32. The smallest absolute Gasteiger partial charge is 0.349 e. The average molecular weight is 525 g/mol. The number of halogens is 1. The van der Waals surface area contributed by atoms with Gasteiger partial charge in [-0.1, -0.05) is 60.1 Å². The maximum atomic E-state index is 12.4. The Hall–Kier alpha value is -4.93. The Morgan fingerprint density at radius 3 is 2.47 bits per heavy atom. The molecule has 1 aliphatic heterocycles. The number of carbonyl (C=O) groups excluding carboxylic acids is 1. The van der Waals surface area contributed by atoms with Gasteiger partial charge in [0.15, 0.2) is 6.61 Å². The second-order valence-electron chi connectivity index (χ2n) is 8.31. The van der Waals surface area contributed by atoms with E-state index >= 15 is 0 Å². The summed E-state index contributed by atoms with van der Waals surface area (Å²) in [5.74, 6) is 1.15. The van der Waals surface area contributed by atoms with E-state index in [1.807, 2.05) is 54.6 Å². The lowest BCUT2D eigenvalue weighted by Gasteiger charge is -2.27. The molecule has 0 fully saturated rings. The predicted octanol–water partition coefficient (Wildman–Crippen LogP) is 6.33. The molecule has 4 aromatic rings. The Bertz CT molecular complexity index is 1560. The summed E-state index contributed by atoms with van der Waals surface area (Å²) in [5, 5.41) is 10.3. The number of para-hydroxylation sites is 2. The van der Waals surface area contributed by atoms with Crippen LogP contribution in [0.15, 0.2) is 109 Å². The van der Waals surface area contributed by atoms with E-state index in [4.69, 9.17) is 36.3 Å². The van der Waals surface area contributed by atoms with Crippen LogP contribution in [0, 0.1) is 11.3 Å². The molecule has 1 heterocycles. The minimum atomic E-state index is -0.621. The summed E-state index contributed by atoms with van der Waals surface area (Å²) in [7, 11) is 0. The number of allylic oxidation sites excluding steroid dienone is 1. The first-order chi connectivity index (χ1) is 18.5. The summed E-state index contributed by atoms with van der Waals surface area (Å²) in [6, 6.07) is 30.8. The zero-order valence-corrected chi connectivity index (χ0v) is 20.7. The molecule has 4 aromatic carbocycles. The lowest BCUT2D eigenvalue weighted by molar-refractivity contribution is -0.136. The van der Waals surface area contributed by atoms with Gasteiger partial charge < -0.3 is 24.7 Å². The molecule has 5 rings (SSSR count). The summed E-state index contributed by atoms with van der Waals surface area (Å²) < 4.78 is 22.6. The van der Waals surface area contributed by atoms with E-state index in [1.165, 1.54) is 0 Å². The molecular formula is C30H21ClN2O5. The number of ether oxygens (including phenoxy) is 4. The SMILES string of the molecule is N#CC1=C(N)Oc2cc(OC(=O)COc3ccccc3Cl)ccc2C1c1cccc(Oc2ccccc2)c1. The van der Waals surface area contributed by atoms with Crippen molar-refractivity contribution in [1.82, 2.24) is 0 Å². The Morgan fingerprint density at radius 1 is 0.921 bits per heavy atom. The number of rotatable bonds is 7. The summed E-state index contributed by atoms with van der Waals surface area (Å²) in [4.78, 5) is 12.4. The molecule has 0 spiro atoms. The van der Waals surface area contributed by atoms with E-state index in [0.717, 1.165) is 5.56 Å². The van der Waals surface area contributed by atoms with Gasteiger partial charge in [0.05, 0.1) is 10.9 Å². The lowest BCUT2D eigenvalue weighted by Crippen LogP contribution is -2.21. The Kier molecular flexibility index (Phi) is 7.16. The fourth-order valence-corrected chi connectivity index (χ4v) is 4.27. The number of nitrogens with two attached hydrogens (primary N) is 1. The second kappa shape index (κ2) is 11.0. The van der Waals surface area contributed by atoms with Crippen LogP contribution in [0.2, 0.25) is 5.02 Å². The van der Waals surface area contributed by atoms with Gasteiger partial charge in [-0.05, 0) is 48.0 Å². The quantitative estimate of drug-likeness (QED) is 0.222. The van der Waals surface area contributed by atoms with Gasteiger partial charge in [-0.25, -0.2) is 4.79 Å². The third kappa shape index (κ3) is 5.41. The van der Waals surface area contributed by atoms with E-state index in [9.17, 15) is 10.1 Å². The molecule has 8 heteroatoms. The predicted molar refractivity (Wildman–Crippen MR) is 141 cm³/mol. The summed E-state index contributed by atoms with van der Waals surface area (Å²) in [6.07, 6.45) is 0. The normalized spacial score (nSPS) is 14.1. The minimum absolute atomic E-state index is 0.0232. The highest BCUT2D eigenvalue weighted by Gasteiger charge is 2.31. The minimum Gasteiger partial charge on any atom is -0.480 e. The van der Waals surface area contributed by atoms with Crippen molar-refractivity contribution < 1.29 is 23.7 Å². The molecule has 0 radical (unpaired) electrons. The Morgan fingerprint density at radius 2 is 1.68 bits per heavy atom. The number of benzene rings is 4. The molecule has 0 bridgehead atoms. The molecule has 0 saturated carbocycles. The molecule has 1 atom stereocenters. The van der Waals surface area contributed by atoms with Gasteiger partial charge >= 0.3 is 5.97 Å². The second-order valence-corrected chi connectivity index (χ2v) is 8.71. The van der Waals surface area contributed by atoms with E-state index < -0.39 is 11.9 Å². The number of hydrogen-bond donors (Lipinski definition) is 1. The van der Waals surface area contributed by atoms with Gasteiger partial charge in [-0.3, -0.25) is 0 Å². The molecule has 0 aromatic heterocycles. The number of esters is 1. The zero-order chi connectivity index (χ0) is 26.5. The van der Waals surface area contributed by atoms with Crippen molar-refractivity contribution in [1.29, 1.82) is 5.26 Å². The van der Waals surface area contributed by atoms with Gasteiger partial charge in [-0.2, -0.15) is 5.26 Å². The van der Waals surface area contributed by atoms with E-state index in [0.29, 0.717) is 33.6 Å². The molecular weight excluding hydrogens is 504 g/mol. The van der Waals surface area contributed by atoms with E-state index in [-0.39, 0.29) is 23.8 Å². The van der Waals surface area contributed by atoms with Gasteiger partial charge in [0.2, 0.25) is 5.88 Å². The standard InChI is InChI=1S/C30H21ClN2O5/c31-25-11-4-5-12-26(25)35-18-28(34)37-22-13-14-23-27(16-22)38-30(33)24(17-32)29(23)19-7-6-10-21(15-19)36-20-8-2-1-3-9-20/h1-16,29H,18,33H2. The molecule has 188 valence electrons. The van der Waals surface area contributed by atoms with Crippen molar-refractivity contribution in [3.63, 3.8) is 0 Å². The van der Waals surface area contributed by atoms with Crippen molar-refractivity contribution in [2.75, 3.05) is 6.61 Å². The highest BCUT2D eigenvalue weighted by atomic mass is 35.5. The van der Waals surface area contributed by atoms with Crippen molar-refractivity contribution in [3.8, 4) is 34.8 Å². The van der Waals surface area contributed by atoms with Crippen LogP contribution in [0.25, 0.3) is 0 Å². The Balaban J connectivity index is 1.38. The molecule has 0 aliphatic carbocycles. The molecule has 0 amide bonds. The molecule has 38 heavy (non-hydrogen) atoms. The molecule has 2 N–H and O–H groups in total. The third-order valence-electron chi connectivity index (χ3n) is 5.77. The van der Waals surface area contributed by atoms with Crippen LogP contribution in [-0.4, -0.2) is 12.6 Å². The summed E-state index contributed by atoms with van der Waals surface area (Å²) in [5.41, 5.74) is 7.89. The van der Waals surface area contributed by atoms with Gasteiger partial charge in [0.25, 0.3) is 0 Å². The van der Waals surface area contributed by atoms with E-state index in [1.54, 1.807) is 42.5 Å². The van der Waals surface area contributed by atoms with Crippen LogP contribution < -0.4 is 24.7 Å². The van der Waals surface area contributed by atoms with Crippen LogP contribution in [0.3, 0.4) is 0 Å². The maximum Gasteiger partial charge on any atom is 0.349 e. The molecule has 1 aliphatic rings. The van der Waals surface area contributed by atoms with Crippen LogP contribution >= 0.6 is 11.6 Å².